The monoisotopic (exact) mass is 347 g/mol. The van der Waals surface area contributed by atoms with Crippen LogP contribution in [0.15, 0.2) is 28.7 Å². The zero-order valence-electron chi connectivity index (χ0n) is 10.1. The van der Waals surface area contributed by atoms with Gasteiger partial charge in [-0.1, -0.05) is 28.1 Å². The maximum absolute atomic E-state index is 11.8. The number of halogens is 1. The van der Waals surface area contributed by atoms with Gasteiger partial charge in [0.25, 0.3) is 0 Å². The van der Waals surface area contributed by atoms with Crippen molar-refractivity contribution in [2.75, 3.05) is 11.5 Å². The Bertz CT molecular complexity index is 566. The van der Waals surface area contributed by atoms with Crippen LogP contribution in [-0.4, -0.2) is 31.6 Å². The van der Waals surface area contributed by atoms with Crippen LogP contribution in [0.1, 0.15) is 23.2 Å². The van der Waals surface area contributed by atoms with Gasteiger partial charge in [-0.2, -0.15) is 0 Å². The lowest BCUT2D eigenvalue weighted by Gasteiger charge is -2.02. The molecule has 7 heteroatoms. The molecule has 0 radical (unpaired) electrons. The lowest BCUT2D eigenvalue weighted by Crippen LogP contribution is -2.25. The van der Waals surface area contributed by atoms with Crippen LogP contribution in [0.4, 0.5) is 0 Å². The predicted octanol–water partition coefficient (Wildman–Crippen LogP) is 1.31. The van der Waals surface area contributed by atoms with E-state index in [4.69, 9.17) is 5.73 Å². The highest BCUT2D eigenvalue weighted by molar-refractivity contribution is 9.10. The number of amides is 1. The molecule has 0 aliphatic rings. The number of rotatable bonds is 7. The second-order valence-electron chi connectivity index (χ2n) is 4.09. The first-order valence-corrected chi connectivity index (χ1v) is 8.19. The third kappa shape index (κ3) is 5.98. The van der Waals surface area contributed by atoms with Crippen molar-refractivity contribution in [2.45, 2.75) is 12.8 Å². The first-order chi connectivity index (χ1) is 8.80. The highest BCUT2D eigenvalue weighted by Crippen LogP contribution is 2.13. The number of Topliss-reactive ketones (excluding diaryl/α,β-unsaturated/α-hetero) is 1. The number of hydrogen-bond acceptors (Lipinski definition) is 4. The van der Waals surface area contributed by atoms with E-state index in [9.17, 15) is 18.0 Å². The normalized spacial score (nSPS) is 11.2. The maximum Gasteiger partial charge on any atom is 0.232 e. The number of nitrogens with two attached hydrogens (primary N) is 1. The second-order valence-corrected chi connectivity index (χ2v) is 7.19. The molecule has 0 aliphatic carbocycles. The Morgan fingerprint density at radius 3 is 2.26 bits per heavy atom. The van der Waals surface area contributed by atoms with Gasteiger partial charge >= 0.3 is 0 Å². The molecular formula is C12H14BrNO4S. The minimum atomic E-state index is -3.50. The van der Waals surface area contributed by atoms with Gasteiger partial charge in [-0.05, 0) is 18.6 Å². The molecule has 104 valence electrons. The Hall–Kier alpha value is -1.21. The largest absolute Gasteiger partial charge is 0.369 e. The Morgan fingerprint density at radius 2 is 1.74 bits per heavy atom. The van der Waals surface area contributed by atoms with Crippen molar-refractivity contribution in [1.82, 2.24) is 0 Å². The van der Waals surface area contributed by atoms with Crippen molar-refractivity contribution in [2.24, 2.45) is 5.73 Å². The molecule has 0 aliphatic heterocycles. The minimum absolute atomic E-state index is 0.123. The topological polar surface area (TPSA) is 94.3 Å². The summed E-state index contributed by atoms with van der Waals surface area (Å²) in [6, 6.07) is 6.84. The average molecular weight is 348 g/mol. The predicted molar refractivity (Wildman–Crippen MR) is 75.6 cm³/mol. The molecule has 1 aromatic carbocycles. The zero-order chi connectivity index (χ0) is 14.5. The van der Waals surface area contributed by atoms with Crippen molar-refractivity contribution in [3.05, 3.63) is 34.3 Å². The lowest BCUT2D eigenvalue weighted by molar-refractivity contribution is -0.115. The fourth-order valence-electron chi connectivity index (χ4n) is 1.52. The van der Waals surface area contributed by atoms with Crippen molar-refractivity contribution in [3.63, 3.8) is 0 Å². The molecule has 0 spiro atoms. The van der Waals surface area contributed by atoms with Crippen LogP contribution in [0.5, 0.6) is 0 Å². The van der Waals surface area contributed by atoms with Crippen LogP contribution in [0.25, 0.3) is 0 Å². The minimum Gasteiger partial charge on any atom is -0.369 e. The summed E-state index contributed by atoms with van der Waals surface area (Å²) in [7, 11) is -3.50. The molecule has 5 nitrogen and oxygen atoms in total. The first-order valence-electron chi connectivity index (χ1n) is 5.58. The zero-order valence-corrected chi connectivity index (χ0v) is 12.5. The van der Waals surface area contributed by atoms with Crippen molar-refractivity contribution in [1.29, 1.82) is 0 Å². The van der Waals surface area contributed by atoms with Gasteiger partial charge in [0.05, 0.1) is 5.75 Å². The summed E-state index contributed by atoms with van der Waals surface area (Å²) in [5.74, 6) is -1.88. The highest BCUT2D eigenvalue weighted by Gasteiger charge is 2.15. The summed E-state index contributed by atoms with van der Waals surface area (Å²) in [6.07, 6.45) is 0.310. The molecule has 0 atom stereocenters. The van der Waals surface area contributed by atoms with E-state index in [1.54, 1.807) is 24.3 Å². The van der Waals surface area contributed by atoms with Crippen LogP contribution >= 0.6 is 15.9 Å². The average Bonchev–Trinajstić information content (AvgIpc) is 2.27. The van der Waals surface area contributed by atoms with Crippen LogP contribution in [0, 0.1) is 0 Å². The molecule has 0 aromatic heterocycles. The van der Waals surface area contributed by atoms with Crippen molar-refractivity contribution < 1.29 is 18.0 Å². The number of carbonyl (C=O) groups is 2. The third-order valence-corrected chi connectivity index (χ3v) is 4.55. The van der Waals surface area contributed by atoms with Gasteiger partial charge in [0, 0.05) is 16.5 Å². The molecule has 1 amide bonds. The van der Waals surface area contributed by atoms with Gasteiger partial charge in [0.15, 0.2) is 15.6 Å². The van der Waals surface area contributed by atoms with Crippen LogP contribution < -0.4 is 5.73 Å². The molecule has 0 saturated heterocycles. The van der Waals surface area contributed by atoms with Crippen molar-refractivity contribution >= 4 is 37.5 Å². The molecule has 0 heterocycles. The molecule has 0 fully saturated rings. The number of sulfone groups is 1. The summed E-state index contributed by atoms with van der Waals surface area (Å²) in [4.78, 5) is 22.3. The first kappa shape index (κ1) is 15.8. The summed E-state index contributed by atoms with van der Waals surface area (Å²) in [6.45, 7) is 0. The lowest BCUT2D eigenvalue weighted by atomic mass is 10.1. The molecular weight excluding hydrogens is 334 g/mol. The fourth-order valence-corrected chi connectivity index (χ4v) is 2.95. The molecule has 0 saturated carbocycles. The summed E-state index contributed by atoms with van der Waals surface area (Å²) >= 11 is 3.26. The standard InChI is InChI=1S/C12H14BrNO4S/c13-10-5-3-9(4-6-10)11(15)2-1-7-19(17,18)8-12(14)16/h3-6H,1-2,7-8H2,(H2,14,16). The fraction of sp³-hybridized carbons (Fsp3) is 0.333. The number of hydrogen-bond donors (Lipinski definition) is 1. The Labute approximate surface area is 120 Å². The quantitative estimate of drug-likeness (QED) is 0.752. The Balaban J connectivity index is 2.47. The maximum atomic E-state index is 11.8. The van der Waals surface area contributed by atoms with E-state index < -0.39 is 21.5 Å². The Morgan fingerprint density at radius 1 is 1.16 bits per heavy atom. The molecule has 1 rings (SSSR count). The smallest absolute Gasteiger partial charge is 0.232 e. The molecule has 2 N–H and O–H groups in total. The van der Waals surface area contributed by atoms with Crippen LogP contribution in [-0.2, 0) is 14.6 Å². The molecule has 0 unspecified atom stereocenters. The summed E-state index contributed by atoms with van der Waals surface area (Å²) < 4.78 is 23.6. The van der Waals surface area contributed by atoms with E-state index >= 15 is 0 Å². The summed E-state index contributed by atoms with van der Waals surface area (Å²) in [5.41, 5.74) is 5.36. The summed E-state index contributed by atoms with van der Waals surface area (Å²) in [5, 5.41) is 0. The van der Waals surface area contributed by atoms with Gasteiger partial charge < -0.3 is 5.73 Å². The van der Waals surface area contributed by atoms with Gasteiger partial charge in [-0.25, -0.2) is 8.42 Å². The SMILES string of the molecule is NC(=O)CS(=O)(=O)CCCC(=O)c1ccc(Br)cc1. The number of benzene rings is 1. The van der Waals surface area contributed by atoms with Gasteiger partial charge in [-0.3, -0.25) is 9.59 Å². The van der Waals surface area contributed by atoms with E-state index in [-0.39, 0.29) is 24.4 Å². The van der Waals surface area contributed by atoms with E-state index in [1.165, 1.54) is 0 Å². The van der Waals surface area contributed by atoms with E-state index in [2.05, 4.69) is 15.9 Å². The van der Waals surface area contributed by atoms with Gasteiger partial charge in [0.1, 0.15) is 5.75 Å². The van der Waals surface area contributed by atoms with Crippen LogP contribution in [0.2, 0.25) is 0 Å². The third-order valence-electron chi connectivity index (χ3n) is 2.39. The highest BCUT2D eigenvalue weighted by atomic mass is 79.9. The van der Waals surface area contributed by atoms with E-state index in [0.29, 0.717) is 5.56 Å². The Kier molecular flexibility index (Phi) is 5.68. The molecule has 0 bridgehead atoms. The number of carbonyl (C=O) groups excluding carboxylic acids is 2. The molecule has 19 heavy (non-hydrogen) atoms. The number of ketones is 1. The van der Waals surface area contributed by atoms with Gasteiger partial charge in [-0.15, -0.1) is 0 Å². The van der Waals surface area contributed by atoms with Crippen molar-refractivity contribution in [3.8, 4) is 0 Å². The van der Waals surface area contributed by atoms with E-state index in [1.807, 2.05) is 0 Å². The van der Waals surface area contributed by atoms with E-state index in [0.717, 1.165) is 4.47 Å². The van der Waals surface area contributed by atoms with Gasteiger partial charge in [0.2, 0.25) is 5.91 Å². The van der Waals surface area contributed by atoms with Crippen LogP contribution in [0.3, 0.4) is 0 Å². The molecule has 1 aromatic rings. The second kappa shape index (κ2) is 6.81. The number of primary amides is 1.